The van der Waals surface area contributed by atoms with Crippen LogP contribution in [-0.4, -0.2) is 96.7 Å². The molecule has 6 atom stereocenters. The van der Waals surface area contributed by atoms with Gasteiger partial charge >= 0.3 is 39.5 Å². The van der Waals surface area contributed by atoms with Gasteiger partial charge in [0.1, 0.15) is 19.3 Å². The third-order valence-corrected chi connectivity index (χ3v) is 21.9. The summed E-state index contributed by atoms with van der Waals surface area (Å²) in [5, 5.41) is 10.7. The third kappa shape index (κ3) is 76.6. The summed E-state index contributed by atoms with van der Waals surface area (Å²) in [6.07, 6.45) is 63.8. The molecule has 0 aromatic heterocycles. The number of phosphoric acid groups is 2. The van der Waals surface area contributed by atoms with Crippen LogP contribution in [0.4, 0.5) is 0 Å². The third-order valence-electron chi connectivity index (χ3n) is 20.0. The van der Waals surface area contributed by atoms with Crippen LogP contribution in [0.3, 0.4) is 0 Å². The van der Waals surface area contributed by atoms with Gasteiger partial charge in [-0.05, 0) is 43.4 Å². The fraction of sp³-hybridized carbons (Fsp3) is 0.952. The molecule has 0 saturated heterocycles. The van der Waals surface area contributed by atoms with Crippen molar-refractivity contribution in [2.75, 3.05) is 39.6 Å². The molecule has 0 aliphatic carbocycles. The maximum Gasteiger partial charge on any atom is 0.472 e. The van der Waals surface area contributed by atoms with Crippen molar-refractivity contribution in [3.05, 3.63) is 0 Å². The first-order valence-electron chi connectivity index (χ1n) is 43.4. The van der Waals surface area contributed by atoms with E-state index in [9.17, 15) is 43.2 Å². The van der Waals surface area contributed by atoms with Crippen molar-refractivity contribution >= 4 is 39.5 Å². The Kier molecular flexibility index (Phi) is 72.8. The lowest BCUT2D eigenvalue weighted by Crippen LogP contribution is -2.30. The number of carbonyl (C=O) groups is 4. The second-order valence-electron chi connectivity index (χ2n) is 31.4. The molecule has 0 rings (SSSR count). The largest absolute Gasteiger partial charge is 0.472 e. The molecule has 19 heteroatoms. The lowest BCUT2D eigenvalue weighted by molar-refractivity contribution is -0.161. The first kappa shape index (κ1) is 101. The molecule has 0 spiro atoms. The molecule has 0 aromatic carbocycles. The van der Waals surface area contributed by atoms with E-state index in [-0.39, 0.29) is 25.7 Å². The zero-order valence-electron chi connectivity index (χ0n) is 67.8. The van der Waals surface area contributed by atoms with Crippen LogP contribution in [0, 0.1) is 17.8 Å². The summed E-state index contributed by atoms with van der Waals surface area (Å²) in [6.45, 7) is 12.0. The van der Waals surface area contributed by atoms with E-state index in [1.165, 1.54) is 250 Å². The van der Waals surface area contributed by atoms with Gasteiger partial charge in [0, 0.05) is 25.7 Å². The van der Waals surface area contributed by atoms with Gasteiger partial charge in [-0.2, -0.15) is 0 Å². The molecule has 612 valence electrons. The Morgan fingerprint density at radius 3 is 0.738 bits per heavy atom. The van der Waals surface area contributed by atoms with E-state index < -0.39 is 97.5 Å². The van der Waals surface area contributed by atoms with E-state index in [4.69, 9.17) is 37.0 Å². The minimum Gasteiger partial charge on any atom is -0.462 e. The molecule has 0 aliphatic heterocycles. The summed E-state index contributed by atoms with van der Waals surface area (Å²) >= 11 is 0. The Morgan fingerprint density at radius 2 is 0.495 bits per heavy atom. The van der Waals surface area contributed by atoms with Crippen LogP contribution in [0.1, 0.15) is 440 Å². The van der Waals surface area contributed by atoms with Crippen molar-refractivity contribution < 1.29 is 80.2 Å². The van der Waals surface area contributed by atoms with Gasteiger partial charge in [-0.3, -0.25) is 37.3 Å². The molecule has 3 N–H and O–H groups in total. The van der Waals surface area contributed by atoms with Gasteiger partial charge in [0.05, 0.1) is 26.4 Å². The predicted molar refractivity (Wildman–Crippen MR) is 423 cm³/mol. The molecule has 3 unspecified atom stereocenters. The first-order valence-corrected chi connectivity index (χ1v) is 46.4. The van der Waals surface area contributed by atoms with Crippen LogP contribution < -0.4 is 0 Å². The second-order valence-corrected chi connectivity index (χ2v) is 34.3. The molecule has 0 amide bonds. The number of rotatable bonds is 82. The van der Waals surface area contributed by atoms with Crippen molar-refractivity contribution in [3.63, 3.8) is 0 Å². The fourth-order valence-corrected chi connectivity index (χ4v) is 14.6. The van der Waals surface area contributed by atoms with Crippen LogP contribution in [0.25, 0.3) is 0 Å². The highest BCUT2D eigenvalue weighted by atomic mass is 31.2. The molecule has 0 fully saturated rings. The van der Waals surface area contributed by atoms with E-state index in [0.29, 0.717) is 25.7 Å². The van der Waals surface area contributed by atoms with E-state index in [1.807, 2.05) is 0 Å². The second kappa shape index (κ2) is 74.2. The lowest BCUT2D eigenvalue weighted by Gasteiger charge is -2.21. The molecule has 17 nitrogen and oxygen atoms in total. The highest BCUT2D eigenvalue weighted by molar-refractivity contribution is 7.47. The summed E-state index contributed by atoms with van der Waals surface area (Å²) in [5.74, 6) is 0.260. The van der Waals surface area contributed by atoms with Crippen molar-refractivity contribution in [2.45, 2.75) is 458 Å². The molecular weight excluding hydrogens is 1340 g/mol. The Morgan fingerprint density at radius 1 is 0.282 bits per heavy atom. The van der Waals surface area contributed by atoms with Gasteiger partial charge in [-0.1, -0.05) is 389 Å². The summed E-state index contributed by atoms with van der Waals surface area (Å²) in [5.41, 5.74) is 0. The lowest BCUT2D eigenvalue weighted by atomic mass is 9.99. The number of aliphatic hydroxyl groups is 1. The van der Waals surface area contributed by atoms with Crippen LogP contribution in [0.15, 0.2) is 0 Å². The van der Waals surface area contributed by atoms with Crippen LogP contribution in [0.5, 0.6) is 0 Å². The van der Waals surface area contributed by atoms with E-state index in [0.717, 1.165) is 108 Å². The summed E-state index contributed by atoms with van der Waals surface area (Å²) in [7, 11) is -9.93. The maximum absolute atomic E-state index is 13.1. The van der Waals surface area contributed by atoms with Gasteiger partial charge in [0.2, 0.25) is 0 Å². The minimum absolute atomic E-state index is 0.106. The minimum atomic E-state index is -4.96. The highest BCUT2D eigenvalue weighted by Gasteiger charge is 2.30. The quantitative estimate of drug-likeness (QED) is 0.0222. The number of hydrogen-bond donors (Lipinski definition) is 3. The predicted octanol–water partition coefficient (Wildman–Crippen LogP) is 25.3. The zero-order valence-corrected chi connectivity index (χ0v) is 69.6. The molecule has 0 saturated carbocycles. The SMILES string of the molecule is CCCCCCCCCCCCCCCCCCC(=O)OC[C@H](COP(=O)(O)OC[C@@H](O)COP(=O)(O)OC[C@@H](COC(=O)CCCCCCCCCCCC(C)C)OC(=O)CCCCCCCCCCCCC(C)C)OC(=O)CCCCCCCCCCCCCCCCCCCCC(C)CC. The van der Waals surface area contributed by atoms with E-state index >= 15 is 0 Å². The molecule has 0 radical (unpaired) electrons. The van der Waals surface area contributed by atoms with Gasteiger partial charge in [0.15, 0.2) is 12.2 Å². The first-order chi connectivity index (χ1) is 49.8. The monoisotopic (exact) mass is 1510 g/mol. The van der Waals surface area contributed by atoms with E-state index in [1.54, 1.807) is 0 Å². The van der Waals surface area contributed by atoms with Crippen molar-refractivity contribution in [3.8, 4) is 0 Å². The highest BCUT2D eigenvalue weighted by Crippen LogP contribution is 2.45. The number of unbranched alkanes of at least 4 members (excludes halogenated alkanes) is 49. The van der Waals surface area contributed by atoms with Gasteiger partial charge in [0.25, 0.3) is 0 Å². The zero-order chi connectivity index (χ0) is 75.8. The standard InChI is InChI=1S/C84H164O17P2/c1-8-10-11-12-13-14-15-16-17-23-26-29-37-44-51-58-65-81(86)94-71-79(100-83(88)67-60-53-46-38-30-27-24-21-19-18-20-22-25-28-36-43-50-57-64-77(7)9-2)73-98-102(90,91)96-69-78(85)70-97-103(92,93)99-74-80(72-95-82(87)66-59-52-45-40-33-35-42-49-56-63-76(5)6)101-84(89)68-61-54-47-39-32-31-34-41-48-55-62-75(3)4/h75-80,85H,8-74H2,1-7H3,(H,90,91)(H,92,93)/t77?,78-,79-,80-/m1/s1. The van der Waals surface area contributed by atoms with Crippen LogP contribution in [0.2, 0.25) is 0 Å². The number of hydrogen-bond acceptors (Lipinski definition) is 15. The number of carbonyl (C=O) groups excluding carboxylic acids is 4. The molecule has 0 heterocycles. The number of esters is 4. The van der Waals surface area contributed by atoms with Gasteiger partial charge in [-0.15, -0.1) is 0 Å². The van der Waals surface area contributed by atoms with Crippen LogP contribution in [-0.2, 0) is 65.4 Å². The smallest absolute Gasteiger partial charge is 0.462 e. The van der Waals surface area contributed by atoms with Gasteiger partial charge < -0.3 is 33.8 Å². The molecule has 0 bridgehead atoms. The topological polar surface area (TPSA) is 237 Å². The molecule has 103 heavy (non-hydrogen) atoms. The normalized spacial score (nSPS) is 14.2. The van der Waals surface area contributed by atoms with Crippen molar-refractivity contribution in [2.24, 2.45) is 17.8 Å². The van der Waals surface area contributed by atoms with Crippen molar-refractivity contribution in [1.82, 2.24) is 0 Å². The molecule has 0 aliphatic rings. The molecule has 0 aromatic rings. The summed E-state index contributed by atoms with van der Waals surface area (Å²) in [6, 6.07) is 0. The summed E-state index contributed by atoms with van der Waals surface area (Å²) in [4.78, 5) is 73.1. The maximum atomic E-state index is 13.1. The Hall–Kier alpha value is -1.94. The Labute approximate surface area is 632 Å². The molecular formula is C84H164O17P2. The number of phosphoric ester groups is 2. The fourth-order valence-electron chi connectivity index (χ4n) is 13.0. The Balaban J connectivity index is 5.23. The van der Waals surface area contributed by atoms with Crippen molar-refractivity contribution in [1.29, 1.82) is 0 Å². The van der Waals surface area contributed by atoms with Gasteiger partial charge in [-0.25, -0.2) is 9.13 Å². The Bertz CT molecular complexity index is 1990. The average molecular weight is 1510 g/mol. The summed E-state index contributed by atoms with van der Waals surface area (Å²) < 4.78 is 68.8. The van der Waals surface area contributed by atoms with Crippen LogP contribution >= 0.6 is 15.6 Å². The number of ether oxygens (including phenoxy) is 4. The average Bonchev–Trinajstić information content (AvgIpc) is 0.909. The van der Waals surface area contributed by atoms with E-state index in [2.05, 4.69) is 48.5 Å². The number of aliphatic hydroxyl groups excluding tert-OH is 1.